The number of aromatic nitrogens is 3. The fourth-order valence-corrected chi connectivity index (χ4v) is 1.65. The lowest BCUT2D eigenvalue weighted by molar-refractivity contribution is -0.385. The summed E-state index contributed by atoms with van der Waals surface area (Å²) in [5.41, 5.74) is 0.544. The molecule has 110 valence electrons. The number of benzene rings is 1. The minimum absolute atomic E-state index is 0.00955. The summed E-state index contributed by atoms with van der Waals surface area (Å²) in [6.45, 7) is 3.83. The van der Waals surface area contributed by atoms with Crippen molar-refractivity contribution in [3.05, 3.63) is 39.2 Å². The second kappa shape index (κ2) is 6.31. The van der Waals surface area contributed by atoms with Crippen LogP contribution in [0.2, 0.25) is 5.28 Å². The van der Waals surface area contributed by atoms with Gasteiger partial charge in [-0.05, 0) is 37.1 Å². The van der Waals surface area contributed by atoms with Gasteiger partial charge in [0, 0.05) is 6.07 Å². The third kappa shape index (κ3) is 3.76. The molecular formula is C12H11ClN4O4. The molecule has 1 heterocycles. The van der Waals surface area contributed by atoms with Gasteiger partial charge in [-0.15, -0.1) is 4.98 Å². The molecule has 0 fully saturated rings. The van der Waals surface area contributed by atoms with Gasteiger partial charge in [0.1, 0.15) is 0 Å². The maximum atomic E-state index is 11.0. The zero-order valence-electron chi connectivity index (χ0n) is 11.2. The molecule has 0 saturated heterocycles. The Labute approximate surface area is 124 Å². The van der Waals surface area contributed by atoms with Gasteiger partial charge in [-0.3, -0.25) is 10.1 Å². The molecule has 9 heteroatoms. The van der Waals surface area contributed by atoms with Crippen LogP contribution in [-0.2, 0) is 0 Å². The maximum absolute atomic E-state index is 11.0. The van der Waals surface area contributed by atoms with Crippen molar-refractivity contribution in [3.63, 3.8) is 0 Å². The maximum Gasteiger partial charge on any atom is 0.329 e. The number of hydrogen-bond donors (Lipinski definition) is 0. The average molecular weight is 311 g/mol. The van der Waals surface area contributed by atoms with E-state index in [1.54, 1.807) is 19.9 Å². The molecule has 0 saturated carbocycles. The Balaban J connectivity index is 2.36. The highest BCUT2D eigenvalue weighted by molar-refractivity contribution is 6.28. The van der Waals surface area contributed by atoms with E-state index in [2.05, 4.69) is 15.0 Å². The normalized spacial score (nSPS) is 10.2. The van der Waals surface area contributed by atoms with Crippen molar-refractivity contribution in [1.82, 2.24) is 15.0 Å². The van der Waals surface area contributed by atoms with E-state index in [4.69, 9.17) is 21.1 Å². The topological polar surface area (TPSA) is 100 Å². The van der Waals surface area contributed by atoms with Crippen molar-refractivity contribution in [2.24, 2.45) is 0 Å². The number of ether oxygens (including phenoxy) is 2. The highest BCUT2D eigenvalue weighted by Gasteiger charge is 2.18. The summed E-state index contributed by atoms with van der Waals surface area (Å²) in [6, 6.07) is 4.34. The Hall–Kier alpha value is -2.48. The molecule has 2 aromatic rings. The van der Waals surface area contributed by atoms with Crippen LogP contribution in [0.4, 0.5) is 5.69 Å². The number of nitro benzene ring substituents is 1. The molecule has 0 amide bonds. The molecule has 0 bridgehead atoms. The Morgan fingerprint density at radius 3 is 2.67 bits per heavy atom. The largest absolute Gasteiger partial charge is 0.464 e. The van der Waals surface area contributed by atoms with Crippen LogP contribution in [0, 0.1) is 17.0 Å². The molecule has 0 radical (unpaired) electrons. The number of aryl methyl sites for hydroxylation is 1. The third-order valence-corrected chi connectivity index (χ3v) is 2.52. The van der Waals surface area contributed by atoms with Crippen molar-refractivity contribution < 1.29 is 14.4 Å². The van der Waals surface area contributed by atoms with E-state index < -0.39 is 4.92 Å². The van der Waals surface area contributed by atoms with Gasteiger partial charge in [0.2, 0.25) is 11.0 Å². The highest BCUT2D eigenvalue weighted by atomic mass is 35.5. The number of nitrogens with zero attached hydrogens (tertiary/aromatic N) is 4. The second-order valence-electron chi connectivity index (χ2n) is 3.93. The number of nitro groups is 1. The first kappa shape index (κ1) is 14.9. The molecule has 0 atom stereocenters. The summed E-state index contributed by atoms with van der Waals surface area (Å²) in [5.74, 6) is 0.00955. The van der Waals surface area contributed by atoms with Crippen LogP contribution < -0.4 is 9.47 Å². The van der Waals surface area contributed by atoms with Crippen molar-refractivity contribution in [3.8, 4) is 17.8 Å². The standard InChI is InChI=1S/C12H11ClN4O4/c1-3-20-11-14-10(13)15-12(16-11)21-9-5-4-7(2)6-8(9)17(18)19/h4-6H,3H2,1-2H3. The molecule has 0 aliphatic carbocycles. The average Bonchev–Trinajstić information content (AvgIpc) is 2.40. The van der Waals surface area contributed by atoms with Crippen LogP contribution in [0.25, 0.3) is 0 Å². The summed E-state index contributed by atoms with van der Waals surface area (Å²) < 4.78 is 10.4. The molecule has 0 spiro atoms. The van der Waals surface area contributed by atoms with Crippen molar-refractivity contribution in [2.75, 3.05) is 6.61 Å². The van der Waals surface area contributed by atoms with Gasteiger partial charge in [-0.2, -0.15) is 9.97 Å². The molecule has 0 N–H and O–H groups in total. The van der Waals surface area contributed by atoms with Crippen molar-refractivity contribution in [1.29, 1.82) is 0 Å². The fraction of sp³-hybridized carbons (Fsp3) is 0.250. The quantitative estimate of drug-likeness (QED) is 0.618. The minimum atomic E-state index is -0.547. The van der Waals surface area contributed by atoms with E-state index in [0.29, 0.717) is 6.61 Å². The van der Waals surface area contributed by atoms with Crippen molar-refractivity contribution in [2.45, 2.75) is 13.8 Å². The van der Waals surface area contributed by atoms with E-state index in [0.717, 1.165) is 5.56 Å². The van der Waals surface area contributed by atoms with E-state index in [9.17, 15) is 10.1 Å². The van der Waals surface area contributed by atoms with Gasteiger partial charge in [0.25, 0.3) is 0 Å². The van der Waals surface area contributed by atoms with Gasteiger partial charge >= 0.3 is 17.7 Å². The van der Waals surface area contributed by atoms with Crippen LogP contribution in [0.1, 0.15) is 12.5 Å². The molecule has 0 unspecified atom stereocenters. The molecule has 0 aliphatic rings. The Kier molecular flexibility index (Phi) is 4.49. The molecular weight excluding hydrogens is 300 g/mol. The zero-order valence-corrected chi connectivity index (χ0v) is 12.0. The Bertz CT molecular complexity index is 680. The van der Waals surface area contributed by atoms with Gasteiger partial charge in [0.15, 0.2) is 0 Å². The first-order chi connectivity index (χ1) is 9.99. The van der Waals surface area contributed by atoms with Crippen molar-refractivity contribution >= 4 is 17.3 Å². The second-order valence-corrected chi connectivity index (χ2v) is 4.27. The smallest absolute Gasteiger partial charge is 0.329 e. The highest BCUT2D eigenvalue weighted by Crippen LogP contribution is 2.31. The summed E-state index contributed by atoms with van der Waals surface area (Å²) in [4.78, 5) is 21.8. The third-order valence-electron chi connectivity index (χ3n) is 2.35. The zero-order chi connectivity index (χ0) is 15.4. The van der Waals surface area contributed by atoms with E-state index in [-0.39, 0.29) is 28.7 Å². The first-order valence-corrected chi connectivity index (χ1v) is 6.34. The lowest BCUT2D eigenvalue weighted by Gasteiger charge is -2.06. The van der Waals surface area contributed by atoms with E-state index >= 15 is 0 Å². The first-order valence-electron chi connectivity index (χ1n) is 5.97. The van der Waals surface area contributed by atoms with Gasteiger partial charge in [-0.1, -0.05) is 6.07 Å². The summed E-state index contributed by atoms with van der Waals surface area (Å²) >= 11 is 5.72. The predicted molar refractivity (Wildman–Crippen MR) is 73.9 cm³/mol. The predicted octanol–water partition coefficient (Wildman–Crippen LogP) is 2.93. The van der Waals surface area contributed by atoms with Crippen LogP contribution >= 0.6 is 11.6 Å². The van der Waals surface area contributed by atoms with E-state index in [1.165, 1.54) is 12.1 Å². The van der Waals surface area contributed by atoms with Gasteiger partial charge in [0.05, 0.1) is 11.5 Å². The molecule has 1 aromatic heterocycles. The van der Waals surface area contributed by atoms with Gasteiger partial charge in [-0.25, -0.2) is 0 Å². The number of rotatable bonds is 5. The lowest BCUT2D eigenvalue weighted by Crippen LogP contribution is -2.02. The SMILES string of the molecule is CCOc1nc(Cl)nc(Oc2ccc(C)cc2[N+](=O)[O-])n1. The lowest BCUT2D eigenvalue weighted by atomic mass is 10.2. The molecule has 2 rings (SSSR count). The molecule has 0 aliphatic heterocycles. The number of halogens is 1. The van der Waals surface area contributed by atoms with E-state index in [1.807, 2.05) is 0 Å². The van der Waals surface area contributed by atoms with Crippen LogP contribution in [0.5, 0.6) is 17.8 Å². The summed E-state index contributed by atoms with van der Waals surface area (Å²) in [5, 5.41) is 10.9. The van der Waals surface area contributed by atoms with Crippen LogP contribution in [0.3, 0.4) is 0 Å². The Morgan fingerprint density at radius 1 is 1.29 bits per heavy atom. The molecule has 21 heavy (non-hydrogen) atoms. The summed E-state index contributed by atoms with van der Waals surface area (Å²) in [7, 11) is 0. The minimum Gasteiger partial charge on any atom is -0.464 e. The van der Waals surface area contributed by atoms with Crippen LogP contribution in [-0.4, -0.2) is 26.5 Å². The molecule has 1 aromatic carbocycles. The molecule has 8 nitrogen and oxygen atoms in total. The monoisotopic (exact) mass is 310 g/mol. The number of hydrogen-bond acceptors (Lipinski definition) is 7. The summed E-state index contributed by atoms with van der Waals surface area (Å²) in [6.07, 6.45) is 0. The fourth-order valence-electron chi connectivity index (χ4n) is 1.51. The Morgan fingerprint density at radius 2 is 2.00 bits per heavy atom. The van der Waals surface area contributed by atoms with Crippen LogP contribution in [0.15, 0.2) is 18.2 Å². The van der Waals surface area contributed by atoms with Gasteiger partial charge < -0.3 is 9.47 Å².